The van der Waals surface area contributed by atoms with Crippen molar-refractivity contribution in [3.63, 3.8) is 0 Å². The fourth-order valence-corrected chi connectivity index (χ4v) is 2.14. The molecule has 3 aromatic rings. The van der Waals surface area contributed by atoms with Crippen LogP contribution in [0.25, 0.3) is 11.6 Å². The fourth-order valence-electron chi connectivity index (χ4n) is 2.14. The molecule has 0 saturated heterocycles. The Hall–Kier alpha value is -2.89. The van der Waals surface area contributed by atoms with Crippen molar-refractivity contribution in [2.75, 3.05) is 7.05 Å². The van der Waals surface area contributed by atoms with Crippen molar-refractivity contribution in [2.24, 2.45) is 0 Å². The van der Waals surface area contributed by atoms with Gasteiger partial charge in [-0.15, -0.1) is 0 Å². The van der Waals surface area contributed by atoms with Gasteiger partial charge in [-0.1, -0.05) is 12.1 Å². The number of H-pyrrole nitrogens is 1. The van der Waals surface area contributed by atoms with Crippen LogP contribution in [0, 0.1) is 0 Å². The van der Waals surface area contributed by atoms with Gasteiger partial charge < -0.3 is 14.9 Å². The molecule has 2 aromatic heterocycles. The number of rotatable bonds is 4. The van der Waals surface area contributed by atoms with Crippen molar-refractivity contribution in [1.29, 1.82) is 0 Å². The number of nitrogens with zero attached hydrogens (tertiary/aromatic N) is 3. The quantitative estimate of drug-likeness (QED) is 0.764. The van der Waals surface area contributed by atoms with Gasteiger partial charge in [-0.25, -0.2) is 9.97 Å². The van der Waals surface area contributed by atoms with Gasteiger partial charge in [0.2, 0.25) is 0 Å². The number of aromatic amines is 1. The first kappa shape index (κ1) is 13.1. The van der Waals surface area contributed by atoms with Crippen molar-refractivity contribution in [3.05, 3.63) is 60.2 Å². The third kappa shape index (κ3) is 2.69. The number of carbonyl (C=O) groups is 1. The van der Waals surface area contributed by atoms with Crippen LogP contribution in [-0.4, -0.2) is 32.5 Å². The van der Waals surface area contributed by atoms with E-state index in [-0.39, 0.29) is 5.91 Å². The number of imidazole rings is 2. The summed E-state index contributed by atoms with van der Waals surface area (Å²) < 4.78 is 2.01. The Kier molecular flexibility index (Phi) is 3.51. The fraction of sp³-hybridized carbons (Fsp3) is 0.133. The summed E-state index contributed by atoms with van der Waals surface area (Å²) in [4.78, 5) is 23.1. The molecule has 0 saturated carbocycles. The van der Waals surface area contributed by atoms with Crippen LogP contribution in [0.5, 0.6) is 0 Å². The molecule has 0 unspecified atom stereocenters. The molecule has 0 aliphatic carbocycles. The standard InChI is InChI=1S/C15H15N5O/c1-16-15(21)12-4-2-11(3-5-12)10-20-9-8-19-14(20)13-17-6-7-18-13/h2-9H,10H2,1H3,(H,16,21)(H,17,18). The number of amides is 1. The molecule has 0 spiro atoms. The third-order valence-electron chi connectivity index (χ3n) is 3.22. The van der Waals surface area contributed by atoms with Gasteiger partial charge in [0.1, 0.15) is 0 Å². The minimum absolute atomic E-state index is 0.0829. The molecule has 1 aromatic carbocycles. The Balaban J connectivity index is 1.82. The van der Waals surface area contributed by atoms with Gasteiger partial charge in [0, 0.05) is 43.9 Å². The molecule has 0 bridgehead atoms. The topological polar surface area (TPSA) is 75.6 Å². The van der Waals surface area contributed by atoms with E-state index in [1.54, 1.807) is 25.6 Å². The molecule has 0 aliphatic heterocycles. The first-order valence-corrected chi connectivity index (χ1v) is 6.60. The zero-order chi connectivity index (χ0) is 14.7. The summed E-state index contributed by atoms with van der Waals surface area (Å²) >= 11 is 0. The van der Waals surface area contributed by atoms with Crippen LogP contribution in [0.3, 0.4) is 0 Å². The van der Waals surface area contributed by atoms with E-state index in [9.17, 15) is 4.79 Å². The summed E-state index contributed by atoms with van der Waals surface area (Å²) in [5.74, 6) is 1.44. The number of aromatic nitrogens is 4. The zero-order valence-electron chi connectivity index (χ0n) is 11.6. The summed E-state index contributed by atoms with van der Waals surface area (Å²) in [6.07, 6.45) is 7.13. The largest absolute Gasteiger partial charge is 0.355 e. The predicted octanol–water partition coefficient (Wildman–Crippen LogP) is 1.68. The molecule has 0 fully saturated rings. The van der Waals surface area contributed by atoms with Gasteiger partial charge in [0.05, 0.1) is 0 Å². The van der Waals surface area contributed by atoms with Gasteiger partial charge in [-0.05, 0) is 17.7 Å². The highest BCUT2D eigenvalue weighted by Gasteiger charge is 2.09. The summed E-state index contributed by atoms with van der Waals surface area (Å²) in [6, 6.07) is 7.52. The van der Waals surface area contributed by atoms with E-state index in [0.29, 0.717) is 12.1 Å². The van der Waals surface area contributed by atoms with Crippen LogP contribution < -0.4 is 5.32 Å². The Morgan fingerprint density at radius 2 is 2.05 bits per heavy atom. The van der Waals surface area contributed by atoms with E-state index in [4.69, 9.17) is 0 Å². The molecule has 0 atom stereocenters. The summed E-state index contributed by atoms with van der Waals surface area (Å²) in [5.41, 5.74) is 1.74. The maximum atomic E-state index is 11.5. The van der Waals surface area contributed by atoms with Crippen LogP contribution in [0.15, 0.2) is 49.1 Å². The van der Waals surface area contributed by atoms with Crippen LogP contribution in [0.1, 0.15) is 15.9 Å². The summed E-state index contributed by atoms with van der Waals surface area (Å²) in [7, 11) is 1.62. The smallest absolute Gasteiger partial charge is 0.251 e. The molecule has 1 amide bonds. The van der Waals surface area contributed by atoms with Crippen LogP contribution in [-0.2, 0) is 6.54 Å². The first-order valence-electron chi connectivity index (χ1n) is 6.60. The van der Waals surface area contributed by atoms with Crippen molar-refractivity contribution < 1.29 is 4.79 Å². The normalized spacial score (nSPS) is 10.5. The van der Waals surface area contributed by atoms with Crippen molar-refractivity contribution in [1.82, 2.24) is 24.8 Å². The number of hydrogen-bond donors (Lipinski definition) is 2. The van der Waals surface area contributed by atoms with E-state index >= 15 is 0 Å². The minimum atomic E-state index is -0.0829. The van der Waals surface area contributed by atoms with Crippen LogP contribution >= 0.6 is 0 Å². The van der Waals surface area contributed by atoms with E-state index in [2.05, 4.69) is 20.3 Å². The van der Waals surface area contributed by atoms with Gasteiger partial charge in [-0.3, -0.25) is 4.79 Å². The number of nitrogens with one attached hydrogen (secondary N) is 2. The van der Waals surface area contributed by atoms with E-state index in [0.717, 1.165) is 17.2 Å². The molecular formula is C15H15N5O. The number of carbonyl (C=O) groups excluding carboxylic acids is 1. The predicted molar refractivity (Wildman–Crippen MR) is 78.7 cm³/mol. The Morgan fingerprint density at radius 1 is 1.24 bits per heavy atom. The van der Waals surface area contributed by atoms with Crippen LogP contribution in [0.2, 0.25) is 0 Å². The average molecular weight is 281 g/mol. The SMILES string of the molecule is CNC(=O)c1ccc(Cn2ccnc2-c2ncc[nH]2)cc1. The molecule has 6 nitrogen and oxygen atoms in total. The Morgan fingerprint density at radius 3 is 2.71 bits per heavy atom. The van der Waals surface area contributed by atoms with Gasteiger partial charge in [0.15, 0.2) is 11.6 Å². The molecule has 2 heterocycles. The Bertz CT molecular complexity index is 728. The summed E-state index contributed by atoms with van der Waals surface area (Å²) in [6.45, 7) is 0.671. The van der Waals surface area contributed by atoms with Crippen molar-refractivity contribution in [2.45, 2.75) is 6.54 Å². The second-order valence-electron chi connectivity index (χ2n) is 4.59. The van der Waals surface area contributed by atoms with Gasteiger partial charge >= 0.3 is 0 Å². The van der Waals surface area contributed by atoms with Crippen LogP contribution in [0.4, 0.5) is 0 Å². The lowest BCUT2D eigenvalue weighted by Crippen LogP contribution is -2.17. The molecule has 0 aliphatic rings. The van der Waals surface area contributed by atoms with E-state index in [1.165, 1.54) is 0 Å². The second-order valence-corrected chi connectivity index (χ2v) is 4.59. The van der Waals surface area contributed by atoms with E-state index in [1.807, 2.05) is 35.0 Å². The number of benzene rings is 1. The highest BCUT2D eigenvalue weighted by atomic mass is 16.1. The molecular weight excluding hydrogens is 266 g/mol. The second kappa shape index (κ2) is 5.62. The highest BCUT2D eigenvalue weighted by molar-refractivity contribution is 5.93. The first-order chi connectivity index (χ1) is 10.3. The molecule has 106 valence electrons. The molecule has 6 heteroatoms. The maximum Gasteiger partial charge on any atom is 0.251 e. The third-order valence-corrected chi connectivity index (χ3v) is 3.22. The van der Waals surface area contributed by atoms with Gasteiger partial charge in [0.25, 0.3) is 5.91 Å². The average Bonchev–Trinajstić information content (AvgIpc) is 3.18. The van der Waals surface area contributed by atoms with Crippen molar-refractivity contribution in [3.8, 4) is 11.6 Å². The highest BCUT2D eigenvalue weighted by Crippen LogP contribution is 2.14. The number of hydrogen-bond acceptors (Lipinski definition) is 3. The van der Waals surface area contributed by atoms with Gasteiger partial charge in [-0.2, -0.15) is 0 Å². The molecule has 3 rings (SSSR count). The molecule has 0 radical (unpaired) electrons. The lowest BCUT2D eigenvalue weighted by molar-refractivity contribution is 0.0963. The zero-order valence-corrected chi connectivity index (χ0v) is 11.6. The maximum absolute atomic E-state index is 11.5. The minimum Gasteiger partial charge on any atom is -0.355 e. The monoisotopic (exact) mass is 281 g/mol. The lowest BCUT2D eigenvalue weighted by atomic mass is 10.1. The van der Waals surface area contributed by atoms with Crippen molar-refractivity contribution >= 4 is 5.91 Å². The Labute approximate surface area is 121 Å². The summed E-state index contributed by atoms with van der Waals surface area (Å²) in [5, 5.41) is 2.61. The molecule has 2 N–H and O–H groups in total. The van der Waals surface area contributed by atoms with E-state index < -0.39 is 0 Å². The lowest BCUT2D eigenvalue weighted by Gasteiger charge is -2.07. The molecule has 21 heavy (non-hydrogen) atoms.